The molecule has 0 bridgehead atoms. The maximum atomic E-state index is 12.6. The van der Waals surface area contributed by atoms with Crippen molar-refractivity contribution in [3.63, 3.8) is 0 Å². The van der Waals surface area contributed by atoms with E-state index >= 15 is 0 Å². The summed E-state index contributed by atoms with van der Waals surface area (Å²) >= 11 is 0. The normalized spacial score (nSPS) is 12.6. The van der Waals surface area contributed by atoms with Crippen LogP contribution in [-0.2, 0) is 22.4 Å². The maximum Gasteiger partial charge on any atom is 0.337 e. The Bertz CT molecular complexity index is 800. The fraction of sp³-hybridized carbons (Fsp3) is 0.300. The van der Waals surface area contributed by atoms with Gasteiger partial charge in [-0.05, 0) is 48.2 Å². The zero-order chi connectivity index (χ0) is 17.8. The largest absolute Gasteiger partial charge is 0.483 e. The van der Waals surface area contributed by atoms with Gasteiger partial charge in [-0.2, -0.15) is 0 Å². The fourth-order valence-corrected chi connectivity index (χ4v) is 3.06. The summed E-state index contributed by atoms with van der Waals surface area (Å²) in [6.07, 6.45) is 1.57. The number of carbonyl (C=O) groups is 2. The van der Waals surface area contributed by atoms with E-state index in [-0.39, 0.29) is 18.5 Å². The number of carbonyl (C=O) groups excluding carboxylic acids is 2. The first-order valence-electron chi connectivity index (χ1n) is 8.36. The minimum Gasteiger partial charge on any atom is -0.483 e. The SMILES string of the molecule is CCc1ccccc1OCC(=O)N1CCc2cc(C(=O)OC)ccc21. The Morgan fingerprint density at radius 1 is 1.16 bits per heavy atom. The number of esters is 1. The van der Waals surface area contributed by atoms with Gasteiger partial charge in [0.1, 0.15) is 5.75 Å². The van der Waals surface area contributed by atoms with E-state index in [9.17, 15) is 9.59 Å². The number of hydrogen-bond donors (Lipinski definition) is 0. The molecule has 0 atom stereocenters. The van der Waals surface area contributed by atoms with Crippen LogP contribution in [-0.4, -0.2) is 32.1 Å². The molecule has 2 aromatic rings. The van der Waals surface area contributed by atoms with Crippen molar-refractivity contribution in [3.8, 4) is 5.75 Å². The first-order valence-corrected chi connectivity index (χ1v) is 8.36. The van der Waals surface area contributed by atoms with Crippen LogP contribution in [0.3, 0.4) is 0 Å². The Hall–Kier alpha value is -2.82. The zero-order valence-corrected chi connectivity index (χ0v) is 14.5. The van der Waals surface area contributed by atoms with Crippen molar-refractivity contribution in [1.82, 2.24) is 0 Å². The van der Waals surface area contributed by atoms with Crippen molar-refractivity contribution >= 4 is 17.6 Å². The predicted octanol–water partition coefficient (Wildman–Crippen LogP) is 3.00. The standard InChI is InChI=1S/C20H21NO4/c1-3-14-6-4-5-7-18(14)25-13-19(22)21-11-10-15-12-16(20(23)24-2)8-9-17(15)21/h4-9,12H,3,10-11,13H2,1-2H3. The third-order valence-corrected chi connectivity index (χ3v) is 4.40. The molecule has 0 fully saturated rings. The lowest BCUT2D eigenvalue weighted by atomic mass is 10.1. The summed E-state index contributed by atoms with van der Waals surface area (Å²) in [5.74, 6) is 0.293. The Kier molecular flexibility index (Phi) is 5.03. The van der Waals surface area contributed by atoms with E-state index in [1.807, 2.05) is 24.3 Å². The van der Waals surface area contributed by atoms with Crippen LogP contribution in [0.5, 0.6) is 5.75 Å². The van der Waals surface area contributed by atoms with E-state index in [4.69, 9.17) is 9.47 Å². The molecule has 1 aliphatic rings. The third kappa shape index (κ3) is 3.50. The molecule has 1 heterocycles. The molecule has 0 N–H and O–H groups in total. The highest BCUT2D eigenvalue weighted by molar-refractivity contribution is 5.98. The second-order valence-electron chi connectivity index (χ2n) is 5.88. The highest BCUT2D eigenvalue weighted by atomic mass is 16.5. The van der Waals surface area contributed by atoms with E-state index in [2.05, 4.69) is 6.92 Å². The summed E-state index contributed by atoms with van der Waals surface area (Å²) in [7, 11) is 1.36. The molecule has 0 saturated carbocycles. The van der Waals surface area contributed by atoms with Gasteiger partial charge in [0.15, 0.2) is 6.61 Å². The van der Waals surface area contributed by atoms with E-state index in [1.54, 1.807) is 23.1 Å². The number of nitrogens with zero attached hydrogens (tertiary/aromatic N) is 1. The number of amides is 1. The molecule has 0 aromatic heterocycles. The number of anilines is 1. The molecule has 1 aliphatic heterocycles. The molecule has 5 nitrogen and oxygen atoms in total. The van der Waals surface area contributed by atoms with Crippen LogP contribution >= 0.6 is 0 Å². The molecule has 1 amide bonds. The third-order valence-electron chi connectivity index (χ3n) is 4.40. The molecule has 5 heteroatoms. The van der Waals surface area contributed by atoms with E-state index < -0.39 is 0 Å². The van der Waals surface area contributed by atoms with Crippen molar-refractivity contribution in [2.75, 3.05) is 25.2 Å². The van der Waals surface area contributed by atoms with Crippen LogP contribution in [0, 0.1) is 0 Å². The summed E-state index contributed by atoms with van der Waals surface area (Å²) in [6.45, 7) is 2.65. The lowest BCUT2D eigenvalue weighted by Crippen LogP contribution is -2.33. The Morgan fingerprint density at radius 3 is 2.72 bits per heavy atom. The van der Waals surface area contributed by atoms with Gasteiger partial charge < -0.3 is 14.4 Å². The van der Waals surface area contributed by atoms with Crippen molar-refractivity contribution < 1.29 is 19.1 Å². The quantitative estimate of drug-likeness (QED) is 0.786. The minimum absolute atomic E-state index is 0.00476. The Morgan fingerprint density at radius 2 is 1.96 bits per heavy atom. The number of fused-ring (bicyclic) bond motifs is 1. The second kappa shape index (κ2) is 7.38. The van der Waals surface area contributed by atoms with Crippen LogP contribution in [0.25, 0.3) is 0 Å². The van der Waals surface area contributed by atoms with Gasteiger partial charge in [0.2, 0.25) is 0 Å². The minimum atomic E-state index is -0.368. The summed E-state index contributed by atoms with van der Waals surface area (Å²) in [5, 5.41) is 0. The topological polar surface area (TPSA) is 55.8 Å². The van der Waals surface area contributed by atoms with Gasteiger partial charge in [0, 0.05) is 12.2 Å². The molecule has 25 heavy (non-hydrogen) atoms. The van der Waals surface area contributed by atoms with E-state index in [0.717, 1.165) is 35.4 Å². The molecule has 0 unspecified atom stereocenters. The van der Waals surface area contributed by atoms with Crippen LogP contribution < -0.4 is 9.64 Å². The fourth-order valence-electron chi connectivity index (χ4n) is 3.06. The second-order valence-corrected chi connectivity index (χ2v) is 5.88. The van der Waals surface area contributed by atoms with Crippen LogP contribution in [0.1, 0.15) is 28.4 Å². The first-order chi connectivity index (χ1) is 12.1. The summed E-state index contributed by atoms with van der Waals surface area (Å²) in [4.78, 5) is 25.9. The van der Waals surface area contributed by atoms with Gasteiger partial charge in [-0.3, -0.25) is 4.79 Å². The van der Waals surface area contributed by atoms with Crippen LogP contribution in [0.4, 0.5) is 5.69 Å². The van der Waals surface area contributed by atoms with Gasteiger partial charge in [-0.15, -0.1) is 0 Å². The number of rotatable bonds is 5. The molecule has 3 rings (SSSR count). The average Bonchev–Trinajstić information content (AvgIpc) is 3.08. The summed E-state index contributed by atoms with van der Waals surface area (Å²) in [6, 6.07) is 13.0. The Labute approximate surface area is 147 Å². The molecule has 130 valence electrons. The van der Waals surface area contributed by atoms with E-state index in [0.29, 0.717) is 12.1 Å². The van der Waals surface area contributed by atoms with Crippen molar-refractivity contribution in [2.24, 2.45) is 0 Å². The summed E-state index contributed by atoms with van der Waals surface area (Å²) < 4.78 is 10.5. The van der Waals surface area contributed by atoms with Gasteiger partial charge in [0.05, 0.1) is 12.7 Å². The number of para-hydroxylation sites is 1. The molecular formula is C20H21NO4. The number of ether oxygens (including phenoxy) is 2. The lowest BCUT2D eigenvalue weighted by Gasteiger charge is -2.18. The predicted molar refractivity (Wildman–Crippen MR) is 95.2 cm³/mol. The first kappa shape index (κ1) is 17.0. The molecule has 0 aliphatic carbocycles. The van der Waals surface area contributed by atoms with Gasteiger partial charge >= 0.3 is 5.97 Å². The molecule has 0 saturated heterocycles. The molecule has 0 spiro atoms. The Balaban J connectivity index is 1.70. The lowest BCUT2D eigenvalue weighted by molar-refractivity contribution is -0.120. The molecular weight excluding hydrogens is 318 g/mol. The van der Waals surface area contributed by atoms with Crippen LogP contribution in [0.2, 0.25) is 0 Å². The smallest absolute Gasteiger partial charge is 0.337 e. The number of methoxy groups -OCH3 is 1. The molecule has 0 radical (unpaired) electrons. The molecule has 2 aromatic carbocycles. The maximum absolute atomic E-state index is 12.6. The van der Waals surface area contributed by atoms with Crippen LogP contribution in [0.15, 0.2) is 42.5 Å². The highest BCUT2D eigenvalue weighted by Gasteiger charge is 2.26. The number of aryl methyl sites for hydroxylation is 1. The van der Waals surface area contributed by atoms with Gasteiger partial charge in [0.25, 0.3) is 5.91 Å². The summed E-state index contributed by atoms with van der Waals surface area (Å²) in [5.41, 5.74) is 3.40. The highest BCUT2D eigenvalue weighted by Crippen LogP contribution is 2.29. The monoisotopic (exact) mass is 339 g/mol. The number of benzene rings is 2. The van der Waals surface area contributed by atoms with Crippen molar-refractivity contribution in [2.45, 2.75) is 19.8 Å². The zero-order valence-electron chi connectivity index (χ0n) is 14.5. The number of hydrogen-bond acceptors (Lipinski definition) is 4. The van der Waals surface area contributed by atoms with E-state index in [1.165, 1.54) is 7.11 Å². The van der Waals surface area contributed by atoms with Crippen molar-refractivity contribution in [1.29, 1.82) is 0 Å². The van der Waals surface area contributed by atoms with Gasteiger partial charge in [-0.25, -0.2) is 4.79 Å². The van der Waals surface area contributed by atoms with Crippen molar-refractivity contribution in [3.05, 3.63) is 59.2 Å². The average molecular weight is 339 g/mol. The van der Waals surface area contributed by atoms with Gasteiger partial charge in [-0.1, -0.05) is 25.1 Å².